The molecule has 5 rings (SSSR count). The lowest BCUT2D eigenvalue weighted by atomic mass is 9.54. The van der Waals surface area contributed by atoms with Crippen LogP contribution in [0.5, 0.6) is 5.75 Å². The SMILES string of the molecule is C=CCCCCCCCCC(=O)Oc1ccc2c(c1)CCC1C2CCC2(C)C(=O)CC(CCC(=O)Nc3ncc(C)s3)C12. The minimum absolute atomic E-state index is 0.0157. The number of ether oxygens (including phenoxy) is 1. The molecule has 3 aliphatic carbocycles. The summed E-state index contributed by atoms with van der Waals surface area (Å²) in [6.07, 6.45) is 17.7. The van der Waals surface area contributed by atoms with Gasteiger partial charge in [0.05, 0.1) is 0 Å². The van der Waals surface area contributed by atoms with Crippen LogP contribution in [-0.2, 0) is 20.8 Å². The number of allylic oxidation sites excluding steroid dienone is 1. The number of aryl methyl sites for hydroxylation is 2. The van der Waals surface area contributed by atoms with Crippen LogP contribution in [0.25, 0.3) is 0 Å². The first-order valence-electron chi connectivity index (χ1n) is 16.5. The summed E-state index contributed by atoms with van der Waals surface area (Å²) >= 11 is 1.48. The van der Waals surface area contributed by atoms with Gasteiger partial charge in [0.1, 0.15) is 11.5 Å². The fraction of sp³-hybridized carbons (Fsp3) is 0.611. The third kappa shape index (κ3) is 7.47. The average Bonchev–Trinajstić information content (AvgIpc) is 3.51. The zero-order valence-corrected chi connectivity index (χ0v) is 26.8. The van der Waals surface area contributed by atoms with E-state index in [1.165, 1.54) is 41.7 Å². The molecule has 1 heterocycles. The van der Waals surface area contributed by atoms with E-state index < -0.39 is 0 Å². The fourth-order valence-corrected chi connectivity index (χ4v) is 8.99. The van der Waals surface area contributed by atoms with E-state index in [0.29, 0.717) is 53.7 Å². The van der Waals surface area contributed by atoms with Crippen molar-refractivity contribution in [1.29, 1.82) is 0 Å². The fourth-order valence-electron chi connectivity index (χ4n) is 8.31. The normalized spacial score (nSPS) is 25.9. The highest BCUT2D eigenvalue weighted by Crippen LogP contribution is 2.62. The molecular formula is C36H48N2O4S. The number of benzene rings is 1. The largest absolute Gasteiger partial charge is 0.427 e. The number of nitrogens with zero attached hydrogens (tertiary/aromatic N) is 1. The van der Waals surface area contributed by atoms with Crippen LogP contribution in [0.2, 0.25) is 0 Å². The molecule has 43 heavy (non-hydrogen) atoms. The number of anilines is 1. The standard InChI is InChI=1S/C36H48N2O4S/c1-4-5-6-7-8-9-10-11-12-33(41)42-27-15-17-28-25(21-27)13-16-30-29(28)19-20-36(3)31(39)22-26(34(30)36)14-18-32(40)38-35-37-23-24(2)43-35/h4,15,17,21,23,26,29-30,34H,1,5-14,16,18-20,22H2,2-3H3,(H,37,38,40). The predicted octanol–water partition coefficient (Wildman–Crippen LogP) is 8.73. The van der Waals surface area contributed by atoms with Gasteiger partial charge in [-0.15, -0.1) is 17.9 Å². The summed E-state index contributed by atoms with van der Waals surface area (Å²) < 4.78 is 5.75. The minimum atomic E-state index is -0.284. The van der Waals surface area contributed by atoms with E-state index in [4.69, 9.17) is 4.74 Å². The van der Waals surface area contributed by atoms with Gasteiger partial charge in [-0.25, -0.2) is 4.98 Å². The number of Topliss-reactive ketones (excluding diaryl/α,β-unsaturated/α-hetero) is 1. The van der Waals surface area contributed by atoms with Crippen molar-refractivity contribution in [3.63, 3.8) is 0 Å². The third-order valence-corrected chi connectivity index (χ3v) is 11.3. The van der Waals surface area contributed by atoms with Gasteiger partial charge in [0.25, 0.3) is 0 Å². The number of nitrogens with one attached hydrogen (secondary N) is 1. The molecule has 7 heteroatoms. The van der Waals surface area contributed by atoms with E-state index in [9.17, 15) is 14.4 Å². The summed E-state index contributed by atoms with van der Waals surface area (Å²) in [6.45, 7) is 7.94. The van der Waals surface area contributed by atoms with Crippen LogP contribution in [0, 0.1) is 30.1 Å². The van der Waals surface area contributed by atoms with E-state index in [1.54, 1.807) is 6.20 Å². The van der Waals surface area contributed by atoms with Crippen molar-refractivity contribution in [1.82, 2.24) is 4.98 Å². The molecule has 2 fully saturated rings. The maximum absolute atomic E-state index is 13.4. The quantitative estimate of drug-likeness (QED) is 0.101. The molecule has 232 valence electrons. The Balaban J connectivity index is 1.16. The van der Waals surface area contributed by atoms with Crippen LogP contribution in [0.15, 0.2) is 37.1 Å². The number of unbranched alkanes of at least 4 members (excludes halogenated alkanes) is 6. The lowest BCUT2D eigenvalue weighted by Crippen LogP contribution is -2.44. The smallest absolute Gasteiger partial charge is 0.311 e. The number of esters is 1. The van der Waals surface area contributed by atoms with Gasteiger partial charge >= 0.3 is 5.97 Å². The molecule has 0 saturated heterocycles. The second-order valence-corrected chi connectivity index (χ2v) is 14.6. The molecule has 1 N–H and O–H groups in total. The summed E-state index contributed by atoms with van der Waals surface area (Å²) in [5.74, 6) is 2.29. The number of hydrogen-bond acceptors (Lipinski definition) is 6. The molecule has 5 atom stereocenters. The maximum atomic E-state index is 13.4. The Hall–Kier alpha value is -2.80. The molecule has 5 unspecified atom stereocenters. The monoisotopic (exact) mass is 604 g/mol. The summed E-state index contributed by atoms with van der Waals surface area (Å²) in [5, 5.41) is 3.58. The highest BCUT2D eigenvalue weighted by atomic mass is 32.1. The Labute approximate surface area is 261 Å². The van der Waals surface area contributed by atoms with Gasteiger partial charge in [-0.3, -0.25) is 14.4 Å². The molecule has 0 bridgehead atoms. The number of thiazole rings is 1. The molecule has 1 aromatic carbocycles. The Morgan fingerprint density at radius 3 is 2.70 bits per heavy atom. The number of aromatic nitrogens is 1. The molecule has 2 aromatic rings. The zero-order valence-electron chi connectivity index (χ0n) is 26.0. The van der Waals surface area contributed by atoms with Crippen LogP contribution in [0.1, 0.15) is 119 Å². The van der Waals surface area contributed by atoms with Gasteiger partial charge in [-0.1, -0.05) is 44.7 Å². The Morgan fingerprint density at radius 1 is 1.14 bits per heavy atom. The zero-order chi connectivity index (χ0) is 30.4. The molecule has 0 spiro atoms. The van der Waals surface area contributed by atoms with Gasteiger partial charge in [-0.05, 0) is 105 Å². The van der Waals surface area contributed by atoms with Crippen LogP contribution in [0.4, 0.5) is 5.13 Å². The first-order chi connectivity index (χ1) is 20.8. The number of rotatable bonds is 14. The summed E-state index contributed by atoms with van der Waals surface area (Å²) in [5.41, 5.74) is 2.37. The number of ketones is 1. The maximum Gasteiger partial charge on any atom is 0.311 e. The molecule has 0 aliphatic heterocycles. The highest BCUT2D eigenvalue weighted by Gasteiger charge is 2.58. The predicted molar refractivity (Wildman–Crippen MR) is 172 cm³/mol. The summed E-state index contributed by atoms with van der Waals surface area (Å²) in [4.78, 5) is 43.9. The first-order valence-corrected chi connectivity index (χ1v) is 17.3. The van der Waals surface area contributed by atoms with Crippen molar-refractivity contribution in [3.05, 3.63) is 53.1 Å². The van der Waals surface area contributed by atoms with Gasteiger partial charge in [-0.2, -0.15) is 0 Å². The van der Waals surface area contributed by atoms with Crippen LogP contribution in [-0.4, -0.2) is 22.6 Å². The van der Waals surface area contributed by atoms with Crippen molar-refractivity contribution >= 4 is 34.1 Å². The molecule has 1 amide bonds. The van der Waals surface area contributed by atoms with Gasteiger partial charge < -0.3 is 10.1 Å². The van der Waals surface area contributed by atoms with Crippen LogP contribution < -0.4 is 10.1 Å². The van der Waals surface area contributed by atoms with Gasteiger partial charge in [0.15, 0.2) is 5.13 Å². The van der Waals surface area contributed by atoms with E-state index in [2.05, 4.69) is 35.9 Å². The van der Waals surface area contributed by atoms with E-state index >= 15 is 0 Å². The van der Waals surface area contributed by atoms with Gasteiger partial charge in [0.2, 0.25) is 5.91 Å². The molecule has 2 saturated carbocycles. The van der Waals surface area contributed by atoms with Crippen molar-refractivity contribution in [2.75, 3.05) is 5.32 Å². The van der Waals surface area contributed by atoms with Crippen molar-refractivity contribution in [2.24, 2.45) is 23.2 Å². The van der Waals surface area contributed by atoms with Crippen molar-refractivity contribution in [2.45, 2.75) is 116 Å². The van der Waals surface area contributed by atoms with Crippen LogP contribution in [0.3, 0.4) is 0 Å². The lowest BCUT2D eigenvalue weighted by Gasteiger charge is -2.50. The Bertz CT molecular complexity index is 1320. The number of carbonyl (C=O) groups is 3. The summed E-state index contributed by atoms with van der Waals surface area (Å²) in [7, 11) is 0. The summed E-state index contributed by atoms with van der Waals surface area (Å²) in [6, 6.07) is 6.23. The number of carbonyl (C=O) groups excluding carboxylic acids is 3. The van der Waals surface area contributed by atoms with Crippen molar-refractivity contribution < 1.29 is 19.1 Å². The number of amides is 1. The van der Waals surface area contributed by atoms with E-state index in [0.717, 1.165) is 62.7 Å². The molecule has 6 nitrogen and oxygen atoms in total. The molecule has 1 aromatic heterocycles. The Morgan fingerprint density at radius 2 is 1.93 bits per heavy atom. The second kappa shape index (κ2) is 14.3. The minimum Gasteiger partial charge on any atom is -0.427 e. The average molecular weight is 605 g/mol. The molecule has 0 radical (unpaired) electrons. The number of fused-ring (bicyclic) bond motifs is 5. The topological polar surface area (TPSA) is 85.4 Å². The second-order valence-electron chi connectivity index (χ2n) is 13.3. The van der Waals surface area contributed by atoms with E-state index in [1.807, 2.05) is 19.1 Å². The third-order valence-electron chi connectivity index (χ3n) is 10.4. The molecule has 3 aliphatic rings. The first kappa shape index (κ1) is 31.6. The Kier molecular flexibility index (Phi) is 10.5. The van der Waals surface area contributed by atoms with E-state index in [-0.39, 0.29) is 23.2 Å². The number of hydrogen-bond donors (Lipinski definition) is 1. The highest BCUT2D eigenvalue weighted by molar-refractivity contribution is 7.15. The van der Waals surface area contributed by atoms with Crippen LogP contribution >= 0.6 is 11.3 Å². The molecular weight excluding hydrogens is 556 g/mol. The van der Waals surface area contributed by atoms with Crippen molar-refractivity contribution in [3.8, 4) is 5.75 Å². The van der Waals surface area contributed by atoms with Gasteiger partial charge in [0, 0.05) is 35.8 Å². The lowest BCUT2D eigenvalue weighted by molar-refractivity contribution is -0.134.